The van der Waals surface area contributed by atoms with Crippen LogP contribution in [0.5, 0.6) is 17.2 Å². The van der Waals surface area contributed by atoms with Gasteiger partial charge in [0, 0.05) is 47.1 Å². The van der Waals surface area contributed by atoms with Crippen LogP contribution in [-0.2, 0) is 30.9 Å². The summed E-state index contributed by atoms with van der Waals surface area (Å²) in [4.78, 5) is 41.2. The van der Waals surface area contributed by atoms with Crippen molar-refractivity contribution in [3.8, 4) is 17.2 Å². The number of allylic oxidation sites excluding steroid dienone is 2. The van der Waals surface area contributed by atoms with Crippen molar-refractivity contribution in [1.82, 2.24) is 0 Å². The van der Waals surface area contributed by atoms with Crippen molar-refractivity contribution in [3.05, 3.63) is 51.6 Å². The average molecular weight is 593 g/mol. The van der Waals surface area contributed by atoms with Gasteiger partial charge in [-0.3, -0.25) is 9.59 Å². The minimum absolute atomic E-state index is 0.0365. The van der Waals surface area contributed by atoms with E-state index in [1.165, 1.54) is 20.1 Å². The summed E-state index contributed by atoms with van der Waals surface area (Å²) in [5, 5.41) is 21.4. The highest BCUT2D eigenvalue weighted by Crippen LogP contribution is 2.70. The molecule has 43 heavy (non-hydrogen) atoms. The fraction of sp³-hybridized carbons (Fsp3) is 0.559. The first kappa shape index (κ1) is 29.6. The predicted octanol–water partition coefficient (Wildman–Crippen LogP) is 5.16. The van der Waals surface area contributed by atoms with Gasteiger partial charge in [-0.05, 0) is 60.5 Å². The Morgan fingerprint density at radius 3 is 2.40 bits per heavy atom. The van der Waals surface area contributed by atoms with Crippen LogP contribution in [0.2, 0.25) is 0 Å². The molecule has 3 aliphatic heterocycles. The van der Waals surface area contributed by atoms with Crippen LogP contribution in [0.4, 0.5) is 0 Å². The number of phenolic OH excluding ortho intramolecular Hbond substituents is 1. The molecule has 7 rings (SSSR count). The number of ketones is 2. The fourth-order valence-corrected chi connectivity index (χ4v) is 8.02. The Morgan fingerprint density at radius 1 is 1.12 bits per heavy atom. The van der Waals surface area contributed by atoms with Gasteiger partial charge in [-0.2, -0.15) is 0 Å². The lowest BCUT2D eigenvalue weighted by atomic mass is 9.49. The largest absolute Gasteiger partial charge is 0.507 e. The smallest absolute Gasteiger partial charge is 0.330 e. The zero-order chi connectivity index (χ0) is 31.7. The number of carboxylic acids is 1. The lowest BCUT2D eigenvalue weighted by Gasteiger charge is -2.59. The van der Waals surface area contributed by atoms with E-state index in [-0.39, 0.29) is 47.2 Å². The molecule has 3 aliphatic carbocycles. The monoisotopic (exact) mass is 592 g/mol. The molecule has 6 aliphatic rings. The van der Waals surface area contributed by atoms with Crippen molar-refractivity contribution in [2.75, 3.05) is 7.11 Å². The summed E-state index contributed by atoms with van der Waals surface area (Å²) in [6, 6.07) is 0. The van der Waals surface area contributed by atoms with E-state index in [0.717, 1.165) is 5.57 Å². The van der Waals surface area contributed by atoms with Crippen LogP contribution in [0, 0.1) is 5.92 Å². The van der Waals surface area contributed by atoms with Gasteiger partial charge >= 0.3 is 5.97 Å². The molecule has 2 N–H and O–H groups in total. The van der Waals surface area contributed by atoms with Crippen molar-refractivity contribution in [2.24, 2.45) is 5.92 Å². The molecule has 5 atom stereocenters. The fourth-order valence-electron chi connectivity index (χ4n) is 8.02. The van der Waals surface area contributed by atoms with E-state index in [4.69, 9.17) is 18.9 Å². The van der Waals surface area contributed by atoms with Crippen molar-refractivity contribution in [2.45, 2.75) is 109 Å². The Bertz CT molecular complexity index is 1600. The van der Waals surface area contributed by atoms with Crippen LogP contribution in [-0.4, -0.2) is 63.4 Å². The number of carboxylic acid groups (broad SMARTS) is 1. The molecule has 1 saturated heterocycles. The molecule has 0 amide bonds. The predicted molar refractivity (Wildman–Crippen MR) is 157 cm³/mol. The zero-order valence-electron chi connectivity index (χ0n) is 26.3. The first-order valence-electron chi connectivity index (χ1n) is 14.8. The molecule has 230 valence electrons. The highest BCUT2D eigenvalue weighted by Gasteiger charge is 2.84. The summed E-state index contributed by atoms with van der Waals surface area (Å²) < 4.78 is 26.1. The van der Waals surface area contributed by atoms with Gasteiger partial charge in [0.05, 0.1) is 5.60 Å². The first-order valence-corrected chi connectivity index (χ1v) is 14.8. The van der Waals surface area contributed by atoms with E-state index >= 15 is 0 Å². The van der Waals surface area contributed by atoms with E-state index in [1.54, 1.807) is 6.08 Å². The van der Waals surface area contributed by atoms with Crippen molar-refractivity contribution in [1.29, 1.82) is 0 Å². The highest BCUT2D eigenvalue weighted by molar-refractivity contribution is 6.20. The second-order valence-corrected chi connectivity index (χ2v) is 14.0. The van der Waals surface area contributed by atoms with Crippen molar-refractivity contribution >= 4 is 17.5 Å². The number of aliphatic carboxylic acids is 1. The molecular weight excluding hydrogens is 552 g/mol. The summed E-state index contributed by atoms with van der Waals surface area (Å²) in [7, 11) is 1.43. The first-order chi connectivity index (χ1) is 19.9. The molecule has 3 heterocycles. The quantitative estimate of drug-likeness (QED) is 0.340. The van der Waals surface area contributed by atoms with Crippen LogP contribution in [0.25, 0.3) is 0 Å². The number of phenols is 1. The van der Waals surface area contributed by atoms with E-state index in [2.05, 4.69) is 0 Å². The molecule has 1 aromatic rings. The van der Waals surface area contributed by atoms with Crippen LogP contribution < -0.4 is 9.47 Å². The zero-order valence-corrected chi connectivity index (χ0v) is 26.3. The Morgan fingerprint density at radius 2 is 1.79 bits per heavy atom. The summed E-state index contributed by atoms with van der Waals surface area (Å²) in [6.07, 6.45) is 5.11. The number of carbonyl (C=O) groups excluding carboxylic acids is 2. The number of aromatic hydroxyl groups is 1. The topological polar surface area (TPSA) is 129 Å². The summed E-state index contributed by atoms with van der Waals surface area (Å²) in [6.45, 7) is 15.1. The number of hydrogen-bond donors (Lipinski definition) is 2. The van der Waals surface area contributed by atoms with Crippen LogP contribution >= 0.6 is 0 Å². The lowest BCUT2D eigenvalue weighted by molar-refractivity contribution is -0.190. The standard InChI is InChI=1S/C34H40O9/c1-16(2)10-11-19-24(35)22-25(36)20-14-32(40-9)15-21-31(7,8)43-33(29(32)39,13-12-17(3)28(37)38)34(20,21)42-27(22)23-26(19)41-18(4)30(23,5)6/h10,12,14,18,21,35H,11,13,15H2,1-9H3,(H,37,38)/b17-12-/t18-,21+,32+,33+,34-/m0/s1. The number of methoxy groups -OCH3 is 1. The van der Waals surface area contributed by atoms with Gasteiger partial charge in [0.2, 0.25) is 5.78 Å². The van der Waals surface area contributed by atoms with E-state index in [9.17, 15) is 24.6 Å². The number of carbonyl (C=O) groups is 3. The molecule has 0 aromatic heterocycles. The van der Waals surface area contributed by atoms with Gasteiger partial charge in [-0.15, -0.1) is 0 Å². The van der Waals surface area contributed by atoms with Gasteiger partial charge in [0.25, 0.3) is 0 Å². The molecular formula is C34H40O9. The summed E-state index contributed by atoms with van der Waals surface area (Å²) >= 11 is 0. The molecule has 9 heteroatoms. The number of fused-ring (bicyclic) bond motifs is 3. The number of Topliss-reactive ketones (excluding diaryl/α,β-unsaturated/α-hetero) is 2. The minimum atomic E-state index is -1.76. The summed E-state index contributed by atoms with van der Waals surface area (Å²) in [5.41, 5.74) is -3.91. The number of ether oxygens (including phenoxy) is 4. The molecule has 9 nitrogen and oxygen atoms in total. The highest BCUT2D eigenvalue weighted by atomic mass is 16.6. The second-order valence-electron chi connectivity index (χ2n) is 14.0. The molecule has 4 bridgehead atoms. The lowest BCUT2D eigenvalue weighted by Crippen LogP contribution is -2.77. The SMILES string of the molecule is CO[C@]12C=C3C(=O)c4c(O)c(CC=C(C)C)c5c(c4O[C@]34[C@H](C1)C(C)(C)O[C@]4(C/C=C(/C)C(=O)O)C2=O)C(C)(C)[C@H](C)O5. The normalized spacial score (nSPS) is 34.1. The third-order valence-electron chi connectivity index (χ3n) is 10.7. The van der Waals surface area contributed by atoms with Crippen molar-refractivity contribution in [3.63, 3.8) is 0 Å². The number of rotatable bonds is 6. The molecule has 2 fully saturated rings. The minimum Gasteiger partial charge on any atom is -0.507 e. The Hall–Kier alpha value is -3.43. The molecule has 1 aromatic carbocycles. The maximum Gasteiger partial charge on any atom is 0.330 e. The maximum atomic E-state index is 14.8. The van der Waals surface area contributed by atoms with Crippen LogP contribution in [0.15, 0.2) is 34.9 Å². The van der Waals surface area contributed by atoms with Gasteiger partial charge in [0.15, 0.2) is 17.0 Å². The molecule has 0 unspecified atom stereocenters. The van der Waals surface area contributed by atoms with E-state index in [0.29, 0.717) is 23.3 Å². The van der Waals surface area contributed by atoms with Crippen LogP contribution in [0.3, 0.4) is 0 Å². The average Bonchev–Trinajstić information content (AvgIpc) is 3.25. The molecule has 0 radical (unpaired) electrons. The third kappa shape index (κ3) is 3.43. The Kier molecular flexibility index (Phi) is 6.08. The van der Waals surface area contributed by atoms with E-state index in [1.807, 2.05) is 54.5 Å². The van der Waals surface area contributed by atoms with Crippen molar-refractivity contribution < 1.29 is 43.5 Å². The van der Waals surface area contributed by atoms with Gasteiger partial charge in [-0.1, -0.05) is 31.6 Å². The van der Waals surface area contributed by atoms with E-state index < -0.39 is 51.3 Å². The Balaban J connectivity index is 1.70. The summed E-state index contributed by atoms with van der Waals surface area (Å²) in [5.74, 6) is -2.05. The van der Waals surface area contributed by atoms with Gasteiger partial charge < -0.3 is 29.2 Å². The molecule has 1 spiro atoms. The number of hydrogen-bond acceptors (Lipinski definition) is 8. The number of benzene rings is 1. The maximum absolute atomic E-state index is 14.8. The third-order valence-corrected chi connectivity index (χ3v) is 10.7. The van der Waals surface area contributed by atoms with Gasteiger partial charge in [-0.25, -0.2) is 4.79 Å². The van der Waals surface area contributed by atoms with Crippen LogP contribution in [0.1, 0.15) is 89.7 Å². The van der Waals surface area contributed by atoms with Gasteiger partial charge in [0.1, 0.15) is 34.5 Å². The Labute approximate surface area is 251 Å². The second kappa shape index (κ2) is 8.82. The molecule has 1 saturated carbocycles.